The first-order valence-corrected chi connectivity index (χ1v) is 14.1. The number of hydrogen-bond acceptors (Lipinski definition) is 5. The minimum absolute atomic E-state index is 0.0524. The molecule has 1 aliphatic rings. The number of aromatic nitrogens is 1. The molecule has 1 aromatic heterocycles. The van der Waals surface area contributed by atoms with Crippen LogP contribution >= 0.6 is 11.6 Å². The molecule has 7 nitrogen and oxygen atoms in total. The van der Waals surface area contributed by atoms with Gasteiger partial charge in [-0.15, -0.1) is 0 Å². The molecule has 0 N–H and O–H groups in total. The number of pyridine rings is 1. The fourth-order valence-corrected chi connectivity index (χ4v) is 6.23. The van der Waals surface area contributed by atoms with Gasteiger partial charge in [-0.05, 0) is 55.8 Å². The van der Waals surface area contributed by atoms with Gasteiger partial charge in [0.05, 0.1) is 39.5 Å². The zero-order chi connectivity index (χ0) is 24.9. The first kappa shape index (κ1) is 25.0. The average molecular weight is 512 g/mol. The van der Waals surface area contributed by atoms with Crippen molar-refractivity contribution < 1.29 is 19.1 Å². The molecule has 2 heterocycles. The lowest BCUT2D eigenvalue weighted by atomic mass is 10.1. The molecule has 1 unspecified atom stereocenters. The van der Waals surface area contributed by atoms with Crippen LogP contribution in [-0.2, 0) is 4.74 Å². The number of amides is 2. The average Bonchev–Trinajstić information content (AvgIpc) is 3.08. The van der Waals surface area contributed by atoms with Gasteiger partial charge in [0.25, 0.3) is 5.91 Å². The fraction of sp³-hybridized carbons (Fsp3) is 0.346. The van der Waals surface area contributed by atoms with E-state index in [9.17, 15) is 9.59 Å². The molecule has 1 fully saturated rings. The lowest BCUT2D eigenvalue weighted by Crippen LogP contribution is -2.42. The van der Waals surface area contributed by atoms with Crippen LogP contribution in [-0.4, -0.2) is 74.9 Å². The van der Waals surface area contributed by atoms with Crippen LogP contribution in [0.1, 0.15) is 30.6 Å². The minimum atomic E-state index is -0.722. The van der Waals surface area contributed by atoms with Crippen molar-refractivity contribution in [3.05, 3.63) is 59.1 Å². The Hall–Kier alpha value is -3.10. The molecule has 3 aromatic rings. The zero-order valence-electron chi connectivity index (χ0n) is 20.3. The van der Waals surface area contributed by atoms with E-state index in [2.05, 4.69) is 6.92 Å². The normalized spacial score (nSPS) is 16.9. The van der Waals surface area contributed by atoms with Crippen molar-refractivity contribution in [2.24, 2.45) is 0 Å². The van der Waals surface area contributed by atoms with Gasteiger partial charge in [-0.25, -0.2) is 9.78 Å². The van der Waals surface area contributed by atoms with Crippen molar-refractivity contribution in [2.75, 3.05) is 33.0 Å². The summed E-state index contributed by atoms with van der Waals surface area (Å²) < 4.78 is 10.5. The lowest BCUT2D eigenvalue weighted by Gasteiger charge is -2.27. The Labute approximate surface area is 212 Å². The van der Waals surface area contributed by atoms with Gasteiger partial charge in [-0.3, -0.25) is 4.79 Å². The maximum atomic E-state index is 13.5. The number of nitrogens with zero attached hydrogens (tertiary/aromatic N) is 3. The van der Waals surface area contributed by atoms with E-state index in [-0.39, 0.29) is 17.7 Å². The third-order valence-corrected chi connectivity index (χ3v) is 8.69. The summed E-state index contributed by atoms with van der Waals surface area (Å²) in [5.41, 5.74) is 3.00. The van der Waals surface area contributed by atoms with Gasteiger partial charge < -0.3 is 19.3 Å². The number of fused-ring (bicyclic) bond motifs is 1. The maximum Gasteiger partial charge on any atom is 0.409 e. The molecule has 1 aliphatic heterocycles. The van der Waals surface area contributed by atoms with Crippen LogP contribution in [0.2, 0.25) is 5.02 Å². The molecule has 0 spiro atoms. The van der Waals surface area contributed by atoms with Crippen molar-refractivity contribution >= 4 is 44.0 Å². The van der Waals surface area contributed by atoms with Crippen LogP contribution in [0.25, 0.3) is 22.2 Å². The molecule has 9 heteroatoms. The molecule has 0 bridgehead atoms. The molecule has 4 rings (SSSR count). The number of rotatable bonds is 5. The first-order valence-electron chi connectivity index (χ1n) is 11.9. The number of benzene rings is 2. The van der Waals surface area contributed by atoms with Crippen LogP contribution in [0, 0.1) is 0 Å². The number of carbonyl (C=O) groups is 2. The molecule has 0 radical (unpaired) electrons. The molecule has 0 saturated carbocycles. The Morgan fingerprint density at radius 1 is 1.14 bits per heavy atom. The van der Waals surface area contributed by atoms with Gasteiger partial charge in [-0.1, -0.05) is 24.6 Å². The molecule has 2 aromatic carbocycles. The summed E-state index contributed by atoms with van der Waals surface area (Å²) in [6.07, 6.45) is 1.21. The molecule has 2 amide bonds. The van der Waals surface area contributed by atoms with Crippen molar-refractivity contribution in [3.63, 3.8) is 0 Å². The second kappa shape index (κ2) is 11.1. The molecule has 0 aliphatic carbocycles. The van der Waals surface area contributed by atoms with Gasteiger partial charge in [0, 0.05) is 41.4 Å². The minimum Gasteiger partial charge on any atom is -0.497 e. The van der Waals surface area contributed by atoms with Crippen molar-refractivity contribution in [1.29, 1.82) is 0 Å². The fourth-order valence-electron chi connectivity index (χ4n) is 4.22. The Bertz CT molecular complexity index is 1220. The van der Waals surface area contributed by atoms with Gasteiger partial charge in [0.2, 0.25) is 0 Å². The first-order chi connectivity index (χ1) is 16.9. The predicted molar refractivity (Wildman–Crippen MR) is 141 cm³/mol. The number of methoxy groups -OCH3 is 1. The van der Waals surface area contributed by atoms with E-state index in [4.69, 9.17) is 26.1 Å². The topological polar surface area (TPSA) is 72.0 Å². The predicted octanol–water partition coefficient (Wildman–Crippen LogP) is 4.34. The van der Waals surface area contributed by atoms with Gasteiger partial charge in [0.15, 0.2) is 0 Å². The summed E-state index contributed by atoms with van der Waals surface area (Å²) in [5.74, 6) is 0.712. The van der Waals surface area contributed by atoms with Crippen LogP contribution in [0.5, 0.6) is 5.75 Å². The van der Waals surface area contributed by atoms with Gasteiger partial charge in [-0.2, -0.15) is 0 Å². The number of hydrogen-bond donors (Lipinski definition) is 0. The Morgan fingerprint density at radius 3 is 2.63 bits per heavy atom. The van der Waals surface area contributed by atoms with E-state index in [1.54, 1.807) is 18.1 Å². The van der Waals surface area contributed by atoms with E-state index in [0.717, 1.165) is 28.8 Å². The summed E-state index contributed by atoms with van der Waals surface area (Å²) in [6.45, 7) is 5.42. The smallest absolute Gasteiger partial charge is 0.409 e. The van der Waals surface area contributed by atoms with E-state index < -0.39 is 9.52 Å². The second-order valence-electron chi connectivity index (χ2n) is 8.69. The second-order valence-corrected chi connectivity index (χ2v) is 11.3. The monoisotopic (exact) mass is 511 g/mol. The lowest BCUT2D eigenvalue weighted by molar-refractivity contribution is 0.0719. The highest BCUT2D eigenvalue weighted by Crippen LogP contribution is 2.30. The standard InChI is InChI=1S/C26H30ClN3O4Si/c1-4-13-34-26(32)29-11-12-30(17(2)35-16-29)25(31)19-7-10-21-22(27)15-23(28-24(21)14-19)18-5-8-20(33-3)9-6-18/h5-10,14-15,17H,4,11-13,16,35H2,1-3H3. The SMILES string of the molecule is CCCOC(=O)N1CCN(C(=O)c2ccc3c(Cl)cc(-c4ccc(OC)cc4)nc3c2)C(C)[SiH2]C1. The quantitative estimate of drug-likeness (QED) is 0.476. The Balaban J connectivity index is 1.57. The Morgan fingerprint density at radius 2 is 1.91 bits per heavy atom. The highest BCUT2D eigenvalue weighted by molar-refractivity contribution is 6.39. The summed E-state index contributed by atoms with van der Waals surface area (Å²) in [5, 5.41) is 1.38. The molecule has 184 valence electrons. The third-order valence-electron chi connectivity index (χ3n) is 6.30. The summed E-state index contributed by atoms with van der Waals surface area (Å²) in [4.78, 5) is 34.2. The van der Waals surface area contributed by atoms with Crippen LogP contribution in [0.15, 0.2) is 48.5 Å². The molecule has 1 saturated heterocycles. The molecule has 35 heavy (non-hydrogen) atoms. The van der Waals surface area contributed by atoms with Crippen molar-refractivity contribution in [1.82, 2.24) is 14.8 Å². The zero-order valence-corrected chi connectivity index (χ0v) is 22.5. The van der Waals surface area contributed by atoms with Gasteiger partial charge >= 0.3 is 6.09 Å². The maximum absolute atomic E-state index is 13.5. The highest BCUT2D eigenvalue weighted by Gasteiger charge is 2.28. The number of carbonyl (C=O) groups excluding carboxylic acids is 2. The highest BCUT2D eigenvalue weighted by atomic mass is 35.5. The Kier molecular flexibility index (Phi) is 7.92. The third kappa shape index (κ3) is 5.60. The van der Waals surface area contributed by atoms with Crippen LogP contribution in [0.3, 0.4) is 0 Å². The van der Waals surface area contributed by atoms with Crippen molar-refractivity contribution in [2.45, 2.75) is 25.9 Å². The molecular formula is C26H30ClN3O4Si. The summed E-state index contributed by atoms with van der Waals surface area (Å²) in [7, 11) is 0.905. The van der Waals surface area contributed by atoms with E-state index >= 15 is 0 Å². The van der Waals surface area contributed by atoms with E-state index in [1.165, 1.54) is 0 Å². The molecule has 1 atom stereocenters. The van der Waals surface area contributed by atoms with Crippen LogP contribution < -0.4 is 4.74 Å². The molecular weight excluding hydrogens is 482 g/mol. The van der Waals surface area contributed by atoms with Crippen molar-refractivity contribution in [3.8, 4) is 17.0 Å². The van der Waals surface area contributed by atoms with E-state index in [0.29, 0.717) is 42.0 Å². The van der Waals surface area contributed by atoms with E-state index in [1.807, 2.05) is 54.3 Å². The number of ether oxygens (including phenoxy) is 2. The summed E-state index contributed by atoms with van der Waals surface area (Å²) >= 11 is 6.57. The van der Waals surface area contributed by atoms with Crippen LogP contribution in [0.4, 0.5) is 4.79 Å². The number of halogens is 1. The summed E-state index contributed by atoms with van der Waals surface area (Å²) in [6, 6.07) is 14.9. The largest absolute Gasteiger partial charge is 0.497 e. The van der Waals surface area contributed by atoms with Gasteiger partial charge in [0.1, 0.15) is 5.75 Å².